The van der Waals surface area contributed by atoms with Gasteiger partial charge in [0, 0.05) is 18.0 Å². The Morgan fingerprint density at radius 1 is 1.19 bits per heavy atom. The van der Waals surface area contributed by atoms with E-state index in [-0.39, 0.29) is 40.1 Å². The van der Waals surface area contributed by atoms with Crippen molar-refractivity contribution in [3.8, 4) is 11.6 Å². The van der Waals surface area contributed by atoms with Gasteiger partial charge in [-0.2, -0.15) is 0 Å². The van der Waals surface area contributed by atoms with E-state index < -0.39 is 30.0 Å². The van der Waals surface area contributed by atoms with Crippen molar-refractivity contribution in [2.24, 2.45) is 5.92 Å². The average Bonchev–Trinajstić information content (AvgIpc) is 3.30. The molecule has 4 rings (SSSR count). The van der Waals surface area contributed by atoms with Crippen molar-refractivity contribution in [2.45, 2.75) is 13.5 Å². The average molecular weight is 437 g/mol. The van der Waals surface area contributed by atoms with Crippen LogP contribution in [-0.4, -0.2) is 26.6 Å². The maximum atomic E-state index is 13.9. The molecule has 1 aliphatic carbocycles. The van der Waals surface area contributed by atoms with Crippen LogP contribution < -0.4 is 11.1 Å². The smallest absolute Gasteiger partial charge is 0.274 e. The Morgan fingerprint density at radius 2 is 1.94 bits per heavy atom. The Kier molecular flexibility index (Phi) is 5.59. The van der Waals surface area contributed by atoms with E-state index in [1.54, 1.807) is 19.1 Å². The Bertz CT molecular complexity index is 1250. The van der Waals surface area contributed by atoms with Crippen molar-refractivity contribution in [1.82, 2.24) is 20.3 Å². The second kappa shape index (κ2) is 8.50. The lowest BCUT2D eigenvalue weighted by atomic mass is 9.94. The van der Waals surface area contributed by atoms with Crippen LogP contribution in [-0.2, 0) is 11.3 Å². The summed E-state index contributed by atoms with van der Waals surface area (Å²) in [7, 11) is 0. The molecular weight excluding hydrogens is 420 g/mol. The van der Waals surface area contributed by atoms with Gasteiger partial charge in [0.05, 0.1) is 6.20 Å². The molecule has 1 unspecified atom stereocenters. The largest absolute Gasteiger partial charge is 0.443 e. The minimum atomic E-state index is -0.791. The fourth-order valence-electron chi connectivity index (χ4n) is 3.15. The lowest BCUT2D eigenvalue weighted by Crippen LogP contribution is -2.27. The molecule has 162 valence electrons. The van der Waals surface area contributed by atoms with Crippen LogP contribution in [0.1, 0.15) is 28.7 Å². The van der Waals surface area contributed by atoms with Crippen LogP contribution in [0.25, 0.3) is 17.2 Å². The summed E-state index contributed by atoms with van der Waals surface area (Å²) in [6.07, 6.45) is 7.38. The molecule has 3 N–H and O–H groups in total. The maximum Gasteiger partial charge on any atom is 0.274 e. The molecule has 1 amide bonds. The Labute approximate surface area is 180 Å². The van der Waals surface area contributed by atoms with Crippen LogP contribution in [0.4, 0.5) is 14.6 Å². The first kappa shape index (κ1) is 21.0. The van der Waals surface area contributed by atoms with Crippen molar-refractivity contribution >= 4 is 23.1 Å². The molecule has 0 aliphatic heterocycles. The number of hydrogen-bond acceptors (Lipinski definition) is 7. The molecular formula is C22H17F2N5O3. The van der Waals surface area contributed by atoms with Gasteiger partial charge in [0.1, 0.15) is 23.6 Å². The number of nitrogens with zero attached hydrogens (tertiary/aromatic N) is 3. The summed E-state index contributed by atoms with van der Waals surface area (Å²) in [6, 6.07) is 3.41. The highest BCUT2D eigenvalue weighted by Crippen LogP contribution is 2.30. The molecule has 3 aromatic rings. The molecule has 1 aliphatic rings. The normalized spacial score (nSPS) is 15.5. The lowest BCUT2D eigenvalue weighted by molar-refractivity contribution is -0.116. The second-order valence-electron chi connectivity index (χ2n) is 7.02. The predicted octanol–water partition coefficient (Wildman–Crippen LogP) is 3.08. The lowest BCUT2D eigenvalue weighted by Gasteiger charge is -2.15. The summed E-state index contributed by atoms with van der Waals surface area (Å²) < 4.78 is 33.0. The number of hydrogen-bond donors (Lipinski definition) is 2. The molecule has 0 saturated heterocycles. The van der Waals surface area contributed by atoms with Crippen molar-refractivity contribution in [2.75, 3.05) is 5.73 Å². The van der Waals surface area contributed by atoms with Gasteiger partial charge in [0.25, 0.3) is 5.91 Å². The van der Waals surface area contributed by atoms with E-state index >= 15 is 0 Å². The van der Waals surface area contributed by atoms with Gasteiger partial charge in [-0.15, -0.1) is 0 Å². The van der Waals surface area contributed by atoms with E-state index in [1.807, 2.05) is 0 Å². The summed E-state index contributed by atoms with van der Waals surface area (Å²) in [5.41, 5.74) is 6.34. The number of amides is 1. The summed E-state index contributed by atoms with van der Waals surface area (Å²) in [4.78, 5) is 37.2. The monoisotopic (exact) mass is 437 g/mol. The molecule has 32 heavy (non-hydrogen) atoms. The van der Waals surface area contributed by atoms with E-state index in [4.69, 9.17) is 10.2 Å². The van der Waals surface area contributed by atoms with Gasteiger partial charge in [-0.1, -0.05) is 19.1 Å². The number of carbonyl (C=O) groups excluding carboxylic acids is 2. The van der Waals surface area contributed by atoms with E-state index in [0.29, 0.717) is 5.57 Å². The van der Waals surface area contributed by atoms with Crippen LogP contribution in [0.3, 0.4) is 0 Å². The summed E-state index contributed by atoms with van der Waals surface area (Å²) >= 11 is 0. The zero-order chi connectivity index (χ0) is 22.8. The van der Waals surface area contributed by atoms with Crippen molar-refractivity contribution < 1.29 is 22.8 Å². The topological polar surface area (TPSA) is 124 Å². The van der Waals surface area contributed by atoms with E-state index in [9.17, 15) is 18.4 Å². The van der Waals surface area contributed by atoms with E-state index in [2.05, 4.69) is 20.3 Å². The fourth-order valence-corrected chi connectivity index (χ4v) is 3.15. The highest BCUT2D eigenvalue weighted by molar-refractivity contribution is 6.01. The van der Waals surface area contributed by atoms with Crippen molar-refractivity contribution in [1.29, 1.82) is 0 Å². The molecule has 8 nitrogen and oxygen atoms in total. The molecule has 0 radical (unpaired) electrons. The maximum absolute atomic E-state index is 13.9. The number of halogens is 2. The summed E-state index contributed by atoms with van der Waals surface area (Å²) in [5, 5.41) is 2.41. The number of aromatic nitrogens is 3. The molecule has 0 spiro atoms. The quantitative estimate of drug-likeness (QED) is 0.629. The molecule has 2 aromatic heterocycles. The molecule has 1 atom stereocenters. The van der Waals surface area contributed by atoms with Crippen LogP contribution in [0.5, 0.6) is 0 Å². The second-order valence-corrected chi connectivity index (χ2v) is 7.02. The number of rotatable bonds is 5. The third kappa shape index (κ3) is 4.02. The Morgan fingerprint density at radius 3 is 2.59 bits per heavy atom. The first-order valence-electron chi connectivity index (χ1n) is 9.57. The number of carbonyl (C=O) groups is 2. The zero-order valence-electron chi connectivity index (χ0n) is 16.8. The third-order valence-corrected chi connectivity index (χ3v) is 4.84. The fraction of sp³-hybridized carbons (Fsp3) is 0.136. The van der Waals surface area contributed by atoms with E-state index in [0.717, 1.165) is 12.1 Å². The Hall–Kier alpha value is -4.21. The van der Waals surface area contributed by atoms with Gasteiger partial charge in [-0.3, -0.25) is 9.59 Å². The number of benzene rings is 1. The van der Waals surface area contributed by atoms with Gasteiger partial charge in [-0.25, -0.2) is 23.7 Å². The summed E-state index contributed by atoms with van der Waals surface area (Å²) in [5.74, 6) is -2.95. The predicted molar refractivity (Wildman–Crippen MR) is 111 cm³/mol. The van der Waals surface area contributed by atoms with Gasteiger partial charge in [0.15, 0.2) is 23.0 Å². The zero-order valence-corrected chi connectivity index (χ0v) is 16.8. The Balaban J connectivity index is 1.72. The van der Waals surface area contributed by atoms with Gasteiger partial charge in [0.2, 0.25) is 5.89 Å². The van der Waals surface area contributed by atoms with E-state index in [1.165, 1.54) is 24.6 Å². The van der Waals surface area contributed by atoms with Crippen LogP contribution in [0.15, 0.2) is 53.3 Å². The van der Waals surface area contributed by atoms with Crippen molar-refractivity contribution in [3.63, 3.8) is 0 Å². The minimum absolute atomic E-state index is 0.0836. The highest BCUT2D eigenvalue weighted by Gasteiger charge is 2.25. The number of anilines is 1. The molecule has 10 heteroatoms. The first-order valence-corrected chi connectivity index (χ1v) is 9.57. The van der Waals surface area contributed by atoms with Gasteiger partial charge < -0.3 is 15.5 Å². The number of ketones is 1. The number of nitrogens with two attached hydrogens (primary N) is 1. The third-order valence-electron chi connectivity index (χ3n) is 4.84. The molecule has 0 bridgehead atoms. The minimum Gasteiger partial charge on any atom is -0.443 e. The highest BCUT2D eigenvalue weighted by atomic mass is 19.1. The molecule has 0 saturated carbocycles. The standard InChI is InChI=1S/C22H17F2N5O3/c1-11-9-12(5-6-16(11)30)17-18(22-26-7-8-32-22)29-20(25)19(28-17)21(31)27-10-13-14(23)3-2-4-15(13)24/h2-9,11H,10H2,1H3,(H2,25,29)(H,27,31). The van der Waals surface area contributed by atoms with Crippen LogP contribution in [0, 0.1) is 17.6 Å². The van der Waals surface area contributed by atoms with Crippen molar-refractivity contribution in [3.05, 3.63) is 77.5 Å². The van der Waals surface area contributed by atoms with Gasteiger partial charge >= 0.3 is 0 Å². The van der Waals surface area contributed by atoms with Crippen LogP contribution >= 0.6 is 0 Å². The summed E-state index contributed by atoms with van der Waals surface area (Å²) in [6.45, 7) is 1.31. The number of oxazole rings is 1. The first-order chi connectivity index (χ1) is 15.3. The molecule has 0 fully saturated rings. The number of nitrogens with one attached hydrogen (secondary N) is 1. The number of nitrogen functional groups attached to an aromatic ring is 1. The molecule has 2 heterocycles. The molecule has 1 aromatic carbocycles. The van der Waals surface area contributed by atoms with Gasteiger partial charge in [-0.05, 0) is 29.9 Å². The SMILES string of the molecule is CC1C=C(c2nc(C(=O)NCc3c(F)cccc3F)c(N)nc2-c2ncco2)C=CC1=O. The number of allylic oxidation sites excluding steroid dienone is 4. The van der Waals surface area contributed by atoms with Crippen LogP contribution in [0.2, 0.25) is 0 Å².